The third-order valence-electron chi connectivity index (χ3n) is 3.07. The Balaban J connectivity index is 1.79. The number of halogens is 1. The van der Waals surface area contributed by atoms with E-state index in [1.807, 2.05) is 0 Å². The molecule has 0 atom stereocenters. The zero-order chi connectivity index (χ0) is 19.1. The molecule has 9 nitrogen and oxygen atoms in total. The van der Waals surface area contributed by atoms with Crippen LogP contribution in [0.25, 0.3) is 0 Å². The maximum absolute atomic E-state index is 11.8. The molecule has 0 unspecified atom stereocenters. The molecule has 2 rings (SSSR count). The molecule has 0 aliphatic carbocycles. The Kier molecular flexibility index (Phi) is 6.39. The molecule has 2 aromatic carbocycles. The lowest BCUT2D eigenvalue weighted by atomic mass is 10.2. The quantitative estimate of drug-likeness (QED) is 0.431. The lowest BCUT2D eigenvalue weighted by molar-refractivity contribution is -0.384. The van der Waals surface area contributed by atoms with Crippen LogP contribution < -0.4 is 10.9 Å². The predicted molar refractivity (Wildman–Crippen MR) is 93.1 cm³/mol. The largest absolute Gasteiger partial charge is 0.452 e. The van der Waals surface area contributed by atoms with E-state index in [0.29, 0.717) is 5.56 Å². The third-order valence-corrected chi connectivity index (χ3v) is 3.60. The van der Waals surface area contributed by atoms with Crippen LogP contribution in [0.1, 0.15) is 20.7 Å². The van der Waals surface area contributed by atoms with Crippen molar-refractivity contribution in [3.05, 3.63) is 74.2 Å². The monoisotopic (exact) mass is 421 g/mol. The number of carbonyl (C=O) groups is 3. The zero-order valence-electron chi connectivity index (χ0n) is 13.1. The Morgan fingerprint density at radius 1 is 0.962 bits per heavy atom. The minimum absolute atomic E-state index is 0.0577. The molecule has 0 bridgehead atoms. The summed E-state index contributed by atoms with van der Waals surface area (Å²) < 4.78 is 5.57. The summed E-state index contributed by atoms with van der Waals surface area (Å²) in [6.07, 6.45) is 0. The predicted octanol–water partition coefficient (Wildman–Crippen LogP) is 1.98. The molecule has 0 aromatic heterocycles. The molecule has 0 spiro atoms. The van der Waals surface area contributed by atoms with Crippen molar-refractivity contribution in [1.29, 1.82) is 0 Å². The molecule has 2 amide bonds. The van der Waals surface area contributed by atoms with E-state index < -0.39 is 29.3 Å². The van der Waals surface area contributed by atoms with Crippen molar-refractivity contribution in [2.75, 3.05) is 6.61 Å². The molecule has 0 heterocycles. The second-order valence-electron chi connectivity index (χ2n) is 4.89. The van der Waals surface area contributed by atoms with Crippen molar-refractivity contribution in [2.45, 2.75) is 0 Å². The molecule has 26 heavy (non-hydrogen) atoms. The minimum Gasteiger partial charge on any atom is -0.452 e. The summed E-state index contributed by atoms with van der Waals surface area (Å²) in [6.45, 7) is -0.629. The number of ether oxygens (including phenoxy) is 1. The van der Waals surface area contributed by atoms with Crippen molar-refractivity contribution in [2.24, 2.45) is 0 Å². The first-order valence-corrected chi connectivity index (χ1v) is 7.92. The smallest absolute Gasteiger partial charge is 0.338 e. The van der Waals surface area contributed by atoms with Crippen LogP contribution >= 0.6 is 15.9 Å². The highest BCUT2D eigenvalue weighted by Gasteiger charge is 2.13. The van der Waals surface area contributed by atoms with Crippen LogP contribution in [0.5, 0.6) is 0 Å². The number of hydrazine groups is 1. The number of hydrogen-bond donors (Lipinski definition) is 2. The van der Waals surface area contributed by atoms with Gasteiger partial charge in [-0.3, -0.25) is 30.6 Å². The summed E-state index contributed by atoms with van der Waals surface area (Å²) in [6, 6.07) is 11.2. The van der Waals surface area contributed by atoms with Gasteiger partial charge in [-0.25, -0.2) is 4.79 Å². The molecule has 0 radical (unpaired) electrons. The van der Waals surface area contributed by atoms with Crippen LogP contribution in [0.2, 0.25) is 0 Å². The van der Waals surface area contributed by atoms with E-state index in [9.17, 15) is 24.5 Å². The molecule has 0 saturated carbocycles. The average molecular weight is 422 g/mol. The van der Waals surface area contributed by atoms with E-state index in [-0.39, 0.29) is 11.3 Å². The Morgan fingerprint density at radius 2 is 1.54 bits per heavy atom. The second-order valence-corrected chi connectivity index (χ2v) is 5.80. The van der Waals surface area contributed by atoms with Gasteiger partial charge in [-0.15, -0.1) is 0 Å². The first kappa shape index (κ1) is 19.1. The van der Waals surface area contributed by atoms with Gasteiger partial charge in [0.05, 0.1) is 10.5 Å². The van der Waals surface area contributed by atoms with Crippen molar-refractivity contribution in [3.63, 3.8) is 0 Å². The maximum atomic E-state index is 11.8. The number of hydrogen-bond acceptors (Lipinski definition) is 6. The maximum Gasteiger partial charge on any atom is 0.338 e. The molecular weight excluding hydrogens is 410 g/mol. The Hall–Kier alpha value is -3.27. The lowest BCUT2D eigenvalue weighted by Crippen LogP contribution is -2.43. The second kappa shape index (κ2) is 8.72. The van der Waals surface area contributed by atoms with Crippen LogP contribution in [0.3, 0.4) is 0 Å². The van der Waals surface area contributed by atoms with E-state index >= 15 is 0 Å². The SMILES string of the molecule is O=C(COC(=O)c1ccc([N+](=O)[O-])cc1)NNC(=O)c1ccc(Br)cc1. The standard InChI is InChI=1S/C16H12BrN3O6/c17-12-5-1-10(2-6-12)15(22)19-18-14(21)9-26-16(23)11-3-7-13(8-4-11)20(24)25/h1-8H,9H2,(H,18,21)(H,19,22). The first-order valence-electron chi connectivity index (χ1n) is 7.13. The van der Waals surface area contributed by atoms with Gasteiger partial charge >= 0.3 is 5.97 Å². The molecule has 0 aliphatic heterocycles. The zero-order valence-corrected chi connectivity index (χ0v) is 14.7. The number of non-ortho nitro benzene ring substituents is 1. The number of nitrogens with one attached hydrogen (secondary N) is 2. The fourth-order valence-corrected chi connectivity index (χ4v) is 2.03. The fraction of sp³-hybridized carbons (Fsp3) is 0.0625. The summed E-state index contributed by atoms with van der Waals surface area (Å²) in [7, 11) is 0. The number of nitro benzene ring substituents is 1. The van der Waals surface area contributed by atoms with Crippen molar-refractivity contribution < 1.29 is 24.0 Å². The number of esters is 1. The molecular formula is C16H12BrN3O6. The van der Waals surface area contributed by atoms with Crippen LogP contribution in [-0.4, -0.2) is 29.3 Å². The number of rotatable bonds is 5. The van der Waals surface area contributed by atoms with Crippen molar-refractivity contribution in [3.8, 4) is 0 Å². The van der Waals surface area contributed by atoms with Gasteiger partial charge in [0, 0.05) is 22.2 Å². The molecule has 0 fully saturated rings. The van der Waals surface area contributed by atoms with Crippen molar-refractivity contribution >= 4 is 39.4 Å². The van der Waals surface area contributed by atoms with Crippen LogP contribution in [0.15, 0.2) is 53.0 Å². The van der Waals surface area contributed by atoms with Gasteiger partial charge < -0.3 is 4.74 Å². The Bertz CT molecular complexity index is 836. The van der Waals surface area contributed by atoms with Crippen molar-refractivity contribution in [1.82, 2.24) is 10.9 Å². The fourth-order valence-electron chi connectivity index (χ4n) is 1.77. The van der Waals surface area contributed by atoms with Crippen LogP contribution in [0, 0.1) is 10.1 Å². The molecule has 0 saturated heterocycles. The van der Waals surface area contributed by atoms with Gasteiger partial charge in [-0.05, 0) is 36.4 Å². The summed E-state index contributed by atoms with van der Waals surface area (Å²) in [5.41, 5.74) is 4.51. The number of nitrogens with zero attached hydrogens (tertiary/aromatic N) is 1. The normalized spacial score (nSPS) is 9.88. The summed E-state index contributed by atoms with van der Waals surface area (Å²) in [4.78, 5) is 45.1. The highest BCUT2D eigenvalue weighted by molar-refractivity contribution is 9.10. The van der Waals surface area contributed by atoms with Gasteiger partial charge in [0.1, 0.15) is 0 Å². The summed E-state index contributed by atoms with van der Waals surface area (Å²) in [5, 5.41) is 10.5. The topological polar surface area (TPSA) is 128 Å². The van der Waals surface area contributed by atoms with E-state index in [2.05, 4.69) is 26.8 Å². The van der Waals surface area contributed by atoms with E-state index in [0.717, 1.165) is 16.6 Å². The minimum atomic E-state index is -0.825. The lowest BCUT2D eigenvalue weighted by Gasteiger charge is -2.08. The van der Waals surface area contributed by atoms with Gasteiger partial charge in [-0.1, -0.05) is 15.9 Å². The summed E-state index contributed by atoms with van der Waals surface area (Å²) in [5.74, 6) is -2.10. The highest BCUT2D eigenvalue weighted by Crippen LogP contribution is 2.12. The number of nitro groups is 1. The van der Waals surface area contributed by atoms with E-state index in [4.69, 9.17) is 4.74 Å². The number of amides is 2. The van der Waals surface area contributed by atoms with E-state index in [1.165, 1.54) is 12.1 Å². The van der Waals surface area contributed by atoms with Gasteiger partial charge in [0.15, 0.2) is 6.61 Å². The van der Waals surface area contributed by atoms with Crippen LogP contribution in [0.4, 0.5) is 5.69 Å². The highest BCUT2D eigenvalue weighted by atomic mass is 79.9. The van der Waals surface area contributed by atoms with Crippen LogP contribution in [-0.2, 0) is 9.53 Å². The molecule has 134 valence electrons. The van der Waals surface area contributed by atoms with Gasteiger partial charge in [0.25, 0.3) is 17.5 Å². The Labute approximate surface area is 155 Å². The number of carbonyl (C=O) groups excluding carboxylic acids is 3. The average Bonchev–Trinajstić information content (AvgIpc) is 2.64. The molecule has 0 aliphatic rings. The molecule has 10 heteroatoms. The first-order chi connectivity index (χ1) is 12.4. The summed E-state index contributed by atoms with van der Waals surface area (Å²) >= 11 is 3.24. The Morgan fingerprint density at radius 3 is 2.12 bits per heavy atom. The van der Waals surface area contributed by atoms with Gasteiger partial charge in [-0.2, -0.15) is 0 Å². The molecule has 2 N–H and O–H groups in total. The number of benzene rings is 2. The van der Waals surface area contributed by atoms with Gasteiger partial charge in [0.2, 0.25) is 0 Å². The third kappa shape index (κ3) is 5.38. The van der Waals surface area contributed by atoms with E-state index in [1.54, 1.807) is 24.3 Å². The molecule has 2 aromatic rings.